The van der Waals surface area contributed by atoms with Crippen molar-refractivity contribution in [3.63, 3.8) is 0 Å². The summed E-state index contributed by atoms with van der Waals surface area (Å²) in [6, 6.07) is 3.73. The molecule has 0 bridgehead atoms. The molecule has 1 fully saturated rings. The summed E-state index contributed by atoms with van der Waals surface area (Å²) in [6.07, 6.45) is 4.45. The highest BCUT2D eigenvalue weighted by Crippen LogP contribution is 2.17. The van der Waals surface area contributed by atoms with Gasteiger partial charge in [-0.3, -0.25) is 0 Å². The third-order valence-corrected chi connectivity index (χ3v) is 3.93. The molecule has 2 rings (SSSR count). The van der Waals surface area contributed by atoms with E-state index in [0.717, 1.165) is 24.5 Å². The number of rotatable bonds is 7. The number of aliphatic hydroxyl groups is 1. The second kappa shape index (κ2) is 8.72. The second-order valence-corrected chi connectivity index (χ2v) is 6.57. The van der Waals surface area contributed by atoms with Crippen molar-refractivity contribution in [2.24, 2.45) is 5.92 Å². The number of nitrogens with zero attached hydrogens (tertiary/aromatic N) is 2. The molecule has 1 aromatic heterocycles. The Morgan fingerprint density at radius 3 is 2.65 bits per heavy atom. The van der Waals surface area contributed by atoms with Crippen LogP contribution in [0.15, 0.2) is 18.3 Å². The molecular formula is C17H28N4O2. The second-order valence-electron chi connectivity index (χ2n) is 6.57. The van der Waals surface area contributed by atoms with Gasteiger partial charge in [0.25, 0.3) is 0 Å². The summed E-state index contributed by atoms with van der Waals surface area (Å²) >= 11 is 0. The molecule has 2 heterocycles. The van der Waals surface area contributed by atoms with E-state index in [1.54, 1.807) is 0 Å². The molecule has 6 heteroatoms. The molecule has 6 nitrogen and oxygen atoms in total. The van der Waals surface area contributed by atoms with Crippen LogP contribution >= 0.6 is 0 Å². The van der Waals surface area contributed by atoms with Crippen LogP contribution in [0.1, 0.15) is 38.7 Å². The van der Waals surface area contributed by atoms with Gasteiger partial charge in [0.1, 0.15) is 5.82 Å². The lowest BCUT2D eigenvalue weighted by Crippen LogP contribution is -2.39. The molecule has 0 aliphatic carbocycles. The molecule has 0 saturated carbocycles. The molecule has 0 aromatic carbocycles. The first kappa shape index (κ1) is 17.5. The Hall–Kier alpha value is -1.82. The van der Waals surface area contributed by atoms with Gasteiger partial charge in [-0.05, 0) is 36.8 Å². The van der Waals surface area contributed by atoms with Crippen LogP contribution in [0.5, 0.6) is 0 Å². The van der Waals surface area contributed by atoms with E-state index >= 15 is 0 Å². The average Bonchev–Trinajstić information content (AvgIpc) is 3.05. The van der Waals surface area contributed by atoms with Crippen LogP contribution in [-0.4, -0.2) is 41.9 Å². The van der Waals surface area contributed by atoms with E-state index in [2.05, 4.69) is 20.5 Å². The van der Waals surface area contributed by atoms with Gasteiger partial charge in [-0.25, -0.2) is 9.78 Å². The smallest absolute Gasteiger partial charge is 0.315 e. The number of pyridine rings is 1. The van der Waals surface area contributed by atoms with E-state index in [1.165, 1.54) is 12.8 Å². The molecule has 1 aromatic rings. The number of hydrogen-bond donors (Lipinski definition) is 3. The Bertz CT molecular complexity index is 484. The van der Waals surface area contributed by atoms with Crippen LogP contribution < -0.4 is 15.5 Å². The van der Waals surface area contributed by atoms with Gasteiger partial charge in [0, 0.05) is 32.4 Å². The first-order valence-corrected chi connectivity index (χ1v) is 8.44. The summed E-state index contributed by atoms with van der Waals surface area (Å²) in [5.74, 6) is 1.42. The molecule has 23 heavy (non-hydrogen) atoms. The average molecular weight is 320 g/mol. The highest BCUT2D eigenvalue weighted by Gasteiger charge is 2.13. The molecule has 3 N–H and O–H groups in total. The summed E-state index contributed by atoms with van der Waals surface area (Å²) in [5.41, 5.74) is 0.964. The first-order chi connectivity index (χ1) is 11.0. The lowest BCUT2D eigenvalue weighted by Gasteiger charge is -2.16. The van der Waals surface area contributed by atoms with Gasteiger partial charge >= 0.3 is 6.03 Å². The number of urea groups is 1. The van der Waals surface area contributed by atoms with Crippen LogP contribution in [0, 0.1) is 5.92 Å². The third kappa shape index (κ3) is 6.06. The standard InChI is InChI=1S/C17H28N4O2/c1-13(2)9-15(22)12-20-17(23)19-11-14-5-6-16(18-10-14)21-7-3-4-8-21/h5-6,10,13,15,22H,3-4,7-9,11-12H2,1-2H3,(H2,19,20,23). The minimum Gasteiger partial charge on any atom is -0.391 e. The SMILES string of the molecule is CC(C)CC(O)CNC(=O)NCc1ccc(N2CCCC2)nc1. The minimum atomic E-state index is -0.498. The molecule has 1 unspecified atom stereocenters. The molecule has 0 radical (unpaired) electrons. The fourth-order valence-corrected chi connectivity index (χ4v) is 2.74. The zero-order chi connectivity index (χ0) is 16.7. The van der Waals surface area contributed by atoms with Crippen molar-refractivity contribution in [2.45, 2.75) is 45.8 Å². The number of amides is 2. The fourth-order valence-electron chi connectivity index (χ4n) is 2.74. The maximum atomic E-state index is 11.7. The lowest BCUT2D eigenvalue weighted by atomic mass is 10.1. The number of aromatic nitrogens is 1. The monoisotopic (exact) mass is 320 g/mol. The van der Waals surface area contributed by atoms with Gasteiger partial charge in [0.2, 0.25) is 0 Å². The summed E-state index contributed by atoms with van der Waals surface area (Å²) in [4.78, 5) is 18.5. The largest absolute Gasteiger partial charge is 0.391 e. The van der Waals surface area contributed by atoms with E-state index in [4.69, 9.17) is 0 Å². The lowest BCUT2D eigenvalue weighted by molar-refractivity contribution is 0.147. The Morgan fingerprint density at radius 2 is 2.04 bits per heavy atom. The van der Waals surface area contributed by atoms with Crippen LogP contribution in [0.3, 0.4) is 0 Å². The van der Waals surface area contributed by atoms with Crippen molar-refractivity contribution in [1.29, 1.82) is 0 Å². The maximum Gasteiger partial charge on any atom is 0.315 e. The number of nitrogens with one attached hydrogen (secondary N) is 2. The predicted molar refractivity (Wildman–Crippen MR) is 91.4 cm³/mol. The van der Waals surface area contributed by atoms with Crippen LogP contribution in [-0.2, 0) is 6.54 Å². The van der Waals surface area contributed by atoms with Crippen molar-refractivity contribution in [3.05, 3.63) is 23.9 Å². The Balaban J connectivity index is 1.69. The van der Waals surface area contributed by atoms with E-state index in [9.17, 15) is 9.90 Å². The van der Waals surface area contributed by atoms with Gasteiger partial charge < -0.3 is 20.6 Å². The normalized spacial score (nSPS) is 15.7. The maximum absolute atomic E-state index is 11.7. The molecule has 1 aliphatic heterocycles. The highest BCUT2D eigenvalue weighted by molar-refractivity contribution is 5.73. The zero-order valence-corrected chi connectivity index (χ0v) is 14.1. The third-order valence-electron chi connectivity index (χ3n) is 3.93. The molecule has 1 atom stereocenters. The Kier molecular flexibility index (Phi) is 6.65. The molecule has 128 valence electrons. The molecular weight excluding hydrogens is 292 g/mol. The zero-order valence-electron chi connectivity index (χ0n) is 14.1. The molecule has 1 aliphatic rings. The van der Waals surface area contributed by atoms with Crippen LogP contribution in [0.25, 0.3) is 0 Å². The molecule has 2 amide bonds. The quantitative estimate of drug-likeness (QED) is 0.717. The van der Waals surface area contributed by atoms with E-state index in [1.807, 2.05) is 32.2 Å². The molecule has 1 saturated heterocycles. The number of hydrogen-bond acceptors (Lipinski definition) is 4. The number of aliphatic hydroxyl groups excluding tert-OH is 1. The minimum absolute atomic E-state index is 0.267. The first-order valence-electron chi connectivity index (χ1n) is 8.44. The summed E-state index contributed by atoms with van der Waals surface area (Å²) in [7, 11) is 0. The van der Waals surface area contributed by atoms with Crippen LogP contribution in [0.4, 0.5) is 10.6 Å². The van der Waals surface area contributed by atoms with Gasteiger partial charge in [0.05, 0.1) is 6.10 Å². The van der Waals surface area contributed by atoms with Crippen molar-refractivity contribution < 1.29 is 9.90 Å². The van der Waals surface area contributed by atoms with Gasteiger partial charge in [-0.1, -0.05) is 19.9 Å². The van der Waals surface area contributed by atoms with Crippen molar-refractivity contribution in [1.82, 2.24) is 15.6 Å². The van der Waals surface area contributed by atoms with Crippen molar-refractivity contribution in [3.8, 4) is 0 Å². The number of anilines is 1. The fraction of sp³-hybridized carbons (Fsp3) is 0.647. The Labute approximate surface area is 138 Å². The van der Waals surface area contributed by atoms with E-state index in [0.29, 0.717) is 18.9 Å². The molecule has 0 spiro atoms. The van der Waals surface area contributed by atoms with Crippen molar-refractivity contribution in [2.75, 3.05) is 24.5 Å². The topological polar surface area (TPSA) is 77.5 Å². The summed E-state index contributed by atoms with van der Waals surface area (Å²) < 4.78 is 0. The Morgan fingerprint density at radius 1 is 1.30 bits per heavy atom. The predicted octanol–water partition coefficient (Wildman–Crippen LogP) is 1.89. The van der Waals surface area contributed by atoms with Crippen LogP contribution in [0.2, 0.25) is 0 Å². The van der Waals surface area contributed by atoms with Crippen molar-refractivity contribution >= 4 is 11.8 Å². The van der Waals surface area contributed by atoms with Gasteiger partial charge in [-0.15, -0.1) is 0 Å². The number of carbonyl (C=O) groups is 1. The van der Waals surface area contributed by atoms with Gasteiger partial charge in [0.15, 0.2) is 0 Å². The van der Waals surface area contributed by atoms with E-state index < -0.39 is 6.10 Å². The summed E-state index contributed by atoms with van der Waals surface area (Å²) in [5, 5.41) is 15.2. The summed E-state index contributed by atoms with van der Waals surface area (Å²) in [6.45, 7) is 6.94. The van der Waals surface area contributed by atoms with E-state index in [-0.39, 0.29) is 12.6 Å². The van der Waals surface area contributed by atoms with Gasteiger partial charge in [-0.2, -0.15) is 0 Å². The highest BCUT2D eigenvalue weighted by atomic mass is 16.3. The number of carbonyl (C=O) groups excluding carboxylic acids is 1.